The van der Waals surface area contributed by atoms with Gasteiger partial charge in [0.1, 0.15) is 5.78 Å². The van der Waals surface area contributed by atoms with E-state index in [-0.39, 0.29) is 5.41 Å². The van der Waals surface area contributed by atoms with Crippen molar-refractivity contribution in [1.29, 1.82) is 0 Å². The van der Waals surface area contributed by atoms with Gasteiger partial charge in [-0.3, -0.25) is 4.79 Å². The van der Waals surface area contributed by atoms with E-state index < -0.39 is 0 Å². The summed E-state index contributed by atoms with van der Waals surface area (Å²) in [4.78, 5) is 11.4. The van der Waals surface area contributed by atoms with Gasteiger partial charge in [0.2, 0.25) is 0 Å². The maximum atomic E-state index is 11.4. The van der Waals surface area contributed by atoms with Gasteiger partial charge in [-0.25, -0.2) is 0 Å². The van der Waals surface area contributed by atoms with Crippen LogP contribution < -0.4 is 0 Å². The summed E-state index contributed by atoms with van der Waals surface area (Å²) in [5.41, 5.74) is 1.66. The molecule has 0 bridgehead atoms. The van der Waals surface area contributed by atoms with Crippen molar-refractivity contribution < 1.29 is 4.79 Å². The van der Waals surface area contributed by atoms with Crippen molar-refractivity contribution in [3.63, 3.8) is 0 Å². The van der Waals surface area contributed by atoms with Gasteiger partial charge in [0, 0.05) is 12.8 Å². The molecule has 0 N–H and O–H groups in total. The summed E-state index contributed by atoms with van der Waals surface area (Å²) in [7, 11) is 0. The molecule has 1 aromatic rings. The minimum atomic E-state index is 0.268. The minimum Gasteiger partial charge on any atom is -0.300 e. The molecular formula is C16H21O. The predicted molar refractivity (Wildman–Crippen MR) is 70.6 cm³/mol. The number of carbonyl (C=O) groups is 1. The molecule has 0 amide bonds. The highest BCUT2D eigenvalue weighted by molar-refractivity contribution is 5.79. The first-order chi connectivity index (χ1) is 8.24. The number of Topliss-reactive ketones (excluding diaryl/α,β-unsaturated/α-hetero) is 1. The quantitative estimate of drug-likeness (QED) is 0.763. The lowest BCUT2D eigenvalue weighted by molar-refractivity contribution is -0.122. The topological polar surface area (TPSA) is 17.1 Å². The van der Waals surface area contributed by atoms with Crippen LogP contribution in [0.5, 0.6) is 0 Å². The van der Waals surface area contributed by atoms with Gasteiger partial charge in [0.25, 0.3) is 0 Å². The lowest BCUT2D eigenvalue weighted by Crippen LogP contribution is -2.30. The Balaban J connectivity index is 2.09. The Morgan fingerprint density at radius 2 is 1.82 bits per heavy atom. The number of ketones is 1. The van der Waals surface area contributed by atoms with Crippen molar-refractivity contribution in [3.8, 4) is 0 Å². The third-order valence-electron chi connectivity index (χ3n) is 3.84. The Kier molecular flexibility index (Phi) is 3.98. The van der Waals surface area contributed by atoms with Crippen LogP contribution in [-0.4, -0.2) is 5.78 Å². The Hall–Kier alpha value is -1.11. The highest BCUT2D eigenvalue weighted by atomic mass is 16.1. The second-order valence-electron chi connectivity index (χ2n) is 5.18. The largest absolute Gasteiger partial charge is 0.300 e. The van der Waals surface area contributed by atoms with Gasteiger partial charge in [-0.15, -0.1) is 0 Å². The van der Waals surface area contributed by atoms with Gasteiger partial charge in [0.15, 0.2) is 0 Å². The van der Waals surface area contributed by atoms with E-state index in [2.05, 4.69) is 43.7 Å². The summed E-state index contributed by atoms with van der Waals surface area (Å²) in [5, 5.41) is 0. The van der Waals surface area contributed by atoms with E-state index >= 15 is 0 Å². The van der Waals surface area contributed by atoms with Gasteiger partial charge in [-0.1, -0.05) is 43.7 Å². The zero-order valence-electron chi connectivity index (χ0n) is 10.6. The minimum absolute atomic E-state index is 0.268. The number of hydrogen-bond acceptors (Lipinski definition) is 1. The van der Waals surface area contributed by atoms with E-state index in [1.807, 2.05) is 0 Å². The Morgan fingerprint density at radius 1 is 1.18 bits per heavy atom. The van der Waals surface area contributed by atoms with Crippen molar-refractivity contribution >= 4 is 5.78 Å². The van der Waals surface area contributed by atoms with Crippen LogP contribution in [0.2, 0.25) is 0 Å². The molecule has 0 aliphatic heterocycles. The van der Waals surface area contributed by atoms with Crippen LogP contribution in [0.1, 0.15) is 44.6 Å². The molecule has 1 fully saturated rings. The van der Waals surface area contributed by atoms with E-state index in [9.17, 15) is 4.79 Å². The molecule has 1 heteroatoms. The second kappa shape index (κ2) is 5.48. The van der Waals surface area contributed by atoms with E-state index in [0.29, 0.717) is 5.78 Å². The molecule has 1 aliphatic carbocycles. The fourth-order valence-electron chi connectivity index (χ4n) is 2.92. The number of benzene rings is 1. The Morgan fingerprint density at radius 3 is 2.41 bits per heavy atom. The van der Waals surface area contributed by atoms with Gasteiger partial charge < -0.3 is 0 Å². The standard InChI is InChI=1S/C16H21O/c1-2-10-16(11-8-15(17)9-12-16)13-14-6-4-3-5-7-14/h3-7,10H,2,8-9,11-13H2,1H3. The first-order valence-corrected chi connectivity index (χ1v) is 6.64. The Labute approximate surface area is 104 Å². The van der Waals surface area contributed by atoms with Crippen LogP contribution in [0.15, 0.2) is 30.3 Å². The fraction of sp³-hybridized carbons (Fsp3) is 0.500. The average Bonchev–Trinajstić information content (AvgIpc) is 2.35. The van der Waals surface area contributed by atoms with Crippen LogP contribution in [0, 0.1) is 11.8 Å². The molecule has 1 nitrogen and oxygen atoms in total. The van der Waals surface area contributed by atoms with E-state index in [1.54, 1.807) is 0 Å². The fourth-order valence-corrected chi connectivity index (χ4v) is 2.92. The van der Waals surface area contributed by atoms with Gasteiger partial charge in [0.05, 0.1) is 0 Å². The molecule has 91 valence electrons. The zero-order chi connectivity index (χ0) is 12.1. The van der Waals surface area contributed by atoms with Crippen molar-refractivity contribution in [2.24, 2.45) is 5.41 Å². The normalized spacial score (nSPS) is 19.2. The second-order valence-corrected chi connectivity index (χ2v) is 5.18. The van der Waals surface area contributed by atoms with Crippen molar-refractivity contribution in [3.05, 3.63) is 42.3 Å². The summed E-state index contributed by atoms with van der Waals surface area (Å²) in [6, 6.07) is 10.7. The molecule has 0 saturated heterocycles. The molecule has 2 rings (SSSR count). The highest BCUT2D eigenvalue weighted by Gasteiger charge is 2.33. The maximum absolute atomic E-state index is 11.4. The molecule has 0 spiro atoms. The van der Waals surface area contributed by atoms with Crippen LogP contribution >= 0.6 is 0 Å². The highest BCUT2D eigenvalue weighted by Crippen LogP contribution is 2.41. The first-order valence-electron chi connectivity index (χ1n) is 6.64. The summed E-state index contributed by atoms with van der Waals surface area (Å²) in [6.45, 7) is 2.20. The van der Waals surface area contributed by atoms with Crippen molar-refractivity contribution in [2.45, 2.75) is 45.4 Å². The molecule has 17 heavy (non-hydrogen) atoms. The molecule has 0 aromatic heterocycles. The van der Waals surface area contributed by atoms with Gasteiger partial charge in [-0.05, 0) is 36.7 Å². The van der Waals surface area contributed by atoms with E-state index in [4.69, 9.17) is 0 Å². The zero-order valence-corrected chi connectivity index (χ0v) is 10.6. The van der Waals surface area contributed by atoms with Crippen molar-refractivity contribution in [2.75, 3.05) is 0 Å². The summed E-state index contributed by atoms with van der Waals surface area (Å²) in [5.74, 6) is 0.443. The van der Waals surface area contributed by atoms with Crippen LogP contribution in [0.25, 0.3) is 0 Å². The number of carbonyl (C=O) groups excluding carboxylic acids is 1. The molecular weight excluding hydrogens is 208 g/mol. The Bertz CT molecular complexity index is 356. The third-order valence-corrected chi connectivity index (χ3v) is 3.84. The third kappa shape index (κ3) is 3.18. The summed E-state index contributed by atoms with van der Waals surface area (Å²) in [6.07, 6.45) is 8.23. The van der Waals surface area contributed by atoms with Crippen LogP contribution in [0.3, 0.4) is 0 Å². The molecule has 0 heterocycles. The summed E-state index contributed by atoms with van der Waals surface area (Å²) < 4.78 is 0. The molecule has 1 aromatic carbocycles. The van der Waals surface area contributed by atoms with Crippen LogP contribution in [-0.2, 0) is 11.2 Å². The number of hydrogen-bond donors (Lipinski definition) is 0. The average molecular weight is 229 g/mol. The molecule has 1 saturated carbocycles. The van der Waals surface area contributed by atoms with Crippen molar-refractivity contribution in [1.82, 2.24) is 0 Å². The lowest BCUT2D eigenvalue weighted by atomic mass is 9.67. The monoisotopic (exact) mass is 229 g/mol. The molecule has 0 unspecified atom stereocenters. The molecule has 1 radical (unpaired) electrons. The lowest BCUT2D eigenvalue weighted by Gasteiger charge is -2.36. The van der Waals surface area contributed by atoms with Gasteiger partial charge in [-0.2, -0.15) is 0 Å². The summed E-state index contributed by atoms with van der Waals surface area (Å²) >= 11 is 0. The van der Waals surface area contributed by atoms with E-state index in [1.165, 1.54) is 5.56 Å². The molecule has 0 atom stereocenters. The predicted octanol–water partition coefficient (Wildman–Crippen LogP) is 3.97. The smallest absolute Gasteiger partial charge is 0.132 e. The van der Waals surface area contributed by atoms with Gasteiger partial charge >= 0.3 is 0 Å². The first kappa shape index (κ1) is 12.3. The maximum Gasteiger partial charge on any atom is 0.132 e. The SMILES string of the molecule is CC[CH]C1(Cc2ccccc2)CCC(=O)CC1. The molecule has 1 aliphatic rings. The van der Waals surface area contributed by atoms with Crippen LogP contribution in [0.4, 0.5) is 0 Å². The number of rotatable bonds is 4. The van der Waals surface area contributed by atoms with E-state index in [0.717, 1.165) is 38.5 Å².